The summed E-state index contributed by atoms with van der Waals surface area (Å²) in [6, 6.07) is 49.1. The lowest BCUT2D eigenvalue weighted by Crippen LogP contribution is -2.31. The number of benzene rings is 6. The molecule has 2 aliphatic rings. The van der Waals surface area contributed by atoms with Crippen molar-refractivity contribution in [3.63, 3.8) is 0 Å². The number of pyridine rings is 1. The Morgan fingerprint density at radius 2 is 1.30 bits per heavy atom. The normalized spacial score (nSPS) is 14.5. The number of thiophene rings is 1. The first-order chi connectivity index (χ1) is 25.8. The van der Waals surface area contributed by atoms with Crippen molar-refractivity contribution in [2.75, 3.05) is 21.4 Å². The Bertz CT molecular complexity index is 2720. The molecule has 8 aromatic rings. The molecular formula is C48H40N4S. The van der Waals surface area contributed by atoms with Gasteiger partial charge in [-0.3, -0.25) is 4.98 Å². The molecule has 2 aromatic heterocycles. The molecule has 0 fully saturated rings. The van der Waals surface area contributed by atoms with Crippen LogP contribution >= 0.6 is 11.3 Å². The number of aromatic nitrogens is 1. The number of nitrogens with zero attached hydrogens (tertiary/aromatic N) is 4. The zero-order valence-corrected chi connectivity index (χ0v) is 31.5. The maximum Gasteiger partial charge on any atom is 0.100 e. The average Bonchev–Trinajstić information content (AvgIpc) is 3.74. The number of para-hydroxylation sites is 3. The topological polar surface area (TPSA) is 22.6 Å². The van der Waals surface area contributed by atoms with Gasteiger partial charge in [0, 0.05) is 54.4 Å². The standard InChI is InChI=1S/C48H40N4S/c1-30-25-31(2)46(32(3)26-30)51-29-50(40-21-9-10-22-41(40)51)33-15-14-16-34(27-33)52-39-20-8-7-18-37(39)48(4,5)45-42(52)28-36(38-19-12-13-24-49-38)47-44(45)35-17-6-11-23-43(35)53-47/h6-28H,29H2,1-5H3. The zero-order chi connectivity index (χ0) is 36.0. The number of hydrogen-bond donors (Lipinski definition) is 0. The van der Waals surface area contributed by atoms with Crippen LogP contribution in [0.25, 0.3) is 31.4 Å². The van der Waals surface area contributed by atoms with Crippen molar-refractivity contribution in [2.45, 2.75) is 40.0 Å². The van der Waals surface area contributed by atoms with Gasteiger partial charge in [-0.1, -0.05) is 92.2 Å². The Balaban J connectivity index is 1.20. The maximum atomic E-state index is 4.91. The first-order valence-corrected chi connectivity index (χ1v) is 19.2. The monoisotopic (exact) mass is 704 g/mol. The van der Waals surface area contributed by atoms with Crippen molar-refractivity contribution in [1.29, 1.82) is 0 Å². The third-order valence-corrected chi connectivity index (χ3v) is 12.5. The second-order valence-electron chi connectivity index (χ2n) is 15.1. The smallest absolute Gasteiger partial charge is 0.100 e. The quantitative estimate of drug-likeness (QED) is 0.182. The summed E-state index contributed by atoms with van der Waals surface area (Å²) in [7, 11) is 0. The van der Waals surface area contributed by atoms with Gasteiger partial charge in [-0.25, -0.2) is 0 Å². The molecule has 0 unspecified atom stereocenters. The number of aryl methyl sites for hydroxylation is 3. The van der Waals surface area contributed by atoms with Crippen molar-refractivity contribution in [2.24, 2.45) is 0 Å². The van der Waals surface area contributed by atoms with Gasteiger partial charge in [0.15, 0.2) is 0 Å². The fraction of sp³-hybridized carbons (Fsp3) is 0.146. The minimum atomic E-state index is -0.247. The fourth-order valence-corrected chi connectivity index (χ4v) is 10.4. The molecule has 0 saturated carbocycles. The summed E-state index contributed by atoms with van der Waals surface area (Å²) in [5, 5.41) is 2.63. The number of rotatable bonds is 4. The minimum Gasteiger partial charge on any atom is -0.321 e. The summed E-state index contributed by atoms with van der Waals surface area (Å²) in [4.78, 5) is 12.4. The van der Waals surface area contributed by atoms with E-state index in [0.29, 0.717) is 0 Å². The van der Waals surface area contributed by atoms with Crippen LogP contribution in [0.2, 0.25) is 0 Å². The van der Waals surface area contributed by atoms with Crippen LogP contribution in [0, 0.1) is 20.8 Å². The van der Waals surface area contributed by atoms with Crippen molar-refractivity contribution in [1.82, 2.24) is 4.98 Å². The highest BCUT2D eigenvalue weighted by Gasteiger charge is 2.40. The van der Waals surface area contributed by atoms with Gasteiger partial charge >= 0.3 is 0 Å². The van der Waals surface area contributed by atoms with Gasteiger partial charge in [-0.05, 0) is 104 Å². The van der Waals surface area contributed by atoms with E-state index in [1.54, 1.807) is 0 Å². The molecular weight excluding hydrogens is 665 g/mol. The second kappa shape index (κ2) is 11.8. The average molecular weight is 705 g/mol. The van der Waals surface area contributed by atoms with Crippen LogP contribution in [0.4, 0.5) is 39.8 Å². The Labute approximate surface area is 315 Å². The lowest BCUT2D eigenvalue weighted by molar-refractivity contribution is 0.638. The van der Waals surface area contributed by atoms with Crippen LogP contribution < -0.4 is 14.7 Å². The molecule has 5 heteroatoms. The number of hydrogen-bond acceptors (Lipinski definition) is 5. The summed E-state index contributed by atoms with van der Waals surface area (Å²) in [5.74, 6) is 0. The Morgan fingerprint density at radius 1 is 0.623 bits per heavy atom. The van der Waals surface area contributed by atoms with E-state index in [2.05, 4.69) is 177 Å². The number of anilines is 7. The lowest BCUT2D eigenvalue weighted by atomic mass is 9.71. The first-order valence-electron chi connectivity index (χ1n) is 18.4. The van der Waals surface area contributed by atoms with Crippen molar-refractivity contribution < 1.29 is 0 Å². The summed E-state index contributed by atoms with van der Waals surface area (Å²) in [6.45, 7) is 12.2. The molecule has 258 valence electrons. The van der Waals surface area contributed by atoms with Gasteiger partial charge in [-0.2, -0.15) is 0 Å². The second-order valence-corrected chi connectivity index (χ2v) is 16.1. The molecule has 6 aromatic carbocycles. The van der Waals surface area contributed by atoms with E-state index in [1.807, 2.05) is 23.6 Å². The van der Waals surface area contributed by atoms with Crippen LogP contribution in [-0.2, 0) is 5.41 Å². The molecule has 0 amide bonds. The third kappa shape index (κ3) is 4.77. The molecule has 2 aliphatic heterocycles. The highest BCUT2D eigenvalue weighted by atomic mass is 32.1. The van der Waals surface area contributed by atoms with Gasteiger partial charge in [0.05, 0.1) is 28.4 Å². The highest BCUT2D eigenvalue weighted by Crippen LogP contribution is 2.58. The van der Waals surface area contributed by atoms with E-state index in [-0.39, 0.29) is 5.41 Å². The third-order valence-electron chi connectivity index (χ3n) is 11.3. The molecule has 4 nitrogen and oxygen atoms in total. The molecule has 0 saturated heterocycles. The number of fused-ring (bicyclic) bond motifs is 7. The molecule has 0 radical (unpaired) electrons. The fourth-order valence-electron chi connectivity index (χ4n) is 9.17. The molecule has 0 atom stereocenters. The Hall–Kier alpha value is -5.91. The predicted octanol–water partition coefficient (Wildman–Crippen LogP) is 13.4. The van der Waals surface area contributed by atoms with Gasteiger partial charge in [0.1, 0.15) is 6.67 Å². The van der Waals surface area contributed by atoms with E-state index < -0.39 is 0 Å². The molecule has 4 heterocycles. The van der Waals surface area contributed by atoms with Crippen LogP contribution in [0.3, 0.4) is 0 Å². The van der Waals surface area contributed by atoms with E-state index in [4.69, 9.17) is 4.98 Å². The summed E-state index contributed by atoms with van der Waals surface area (Å²) < 4.78 is 2.59. The van der Waals surface area contributed by atoms with E-state index in [1.165, 1.54) is 82.0 Å². The van der Waals surface area contributed by atoms with Crippen molar-refractivity contribution in [3.05, 3.63) is 167 Å². The largest absolute Gasteiger partial charge is 0.321 e. The van der Waals surface area contributed by atoms with Crippen molar-refractivity contribution >= 4 is 71.3 Å². The summed E-state index contributed by atoms with van der Waals surface area (Å²) in [6.07, 6.45) is 1.91. The van der Waals surface area contributed by atoms with Crippen LogP contribution in [0.15, 0.2) is 140 Å². The van der Waals surface area contributed by atoms with Crippen LogP contribution in [0.5, 0.6) is 0 Å². The maximum absolute atomic E-state index is 4.91. The zero-order valence-electron chi connectivity index (χ0n) is 30.7. The SMILES string of the molecule is Cc1cc(C)c(N2CN(c3cccc(N4c5ccccc5C(C)(C)c5c4cc(-c4ccccn4)c4sc6ccccc6c54)c3)c3ccccc32)c(C)c1. The van der Waals surface area contributed by atoms with Gasteiger partial charge < -0.3 is 14.7 Å². The van der Waals surface area contributed by atoms with E-state index >= 15 is 0 Å². The molecule has 0 aliphatic carbocycles. The van der Waals surface area contributed by atoms with Crippen molar-refractivity contribution in [3.8, 4) is 11.3 Å². The Kier molecular flexibility index (Phi) is 7.08. The van der Waals surface area contributed by atoms with Crippen LogP contribution in [-0.4, -0.2) is 11.7 Å². The molecule has 0 bridgehead atoms. The lowest BCUT2D eigenvalue weighted by Gasteiger charge is -2.43. The molecule has 53 heavy (non-hydrogen) atoms. The predicted molar refractivity (Wildman–Crippen MR) is 226 cm³/mol. The summed E-state index contributed by atoms with van der Waals surface area (Å²) >= 11 is 1.88. The molecule has 0 N–H and O–H groups in total. The minimum absolute atomic E-state index is 0.247. The molecule has 10 rings (SSSR count). The summed E-state index contributed by atoms with van der Waals surface area (Å²) in [5.41, 5.74) is 16.9. The van der Waals surface area contributed by atoms with Gasteiger partial charge in [-0.15, -0.1) is 11.3 Å². The van der Waals surface area contributed by atoms with Crippen LogP contribution in [0.1, 0.15) is 41.7 Å². The van der Waals surface area contributed by atoms with E-state index in [9.17, 15) is 0 Å². The molecule has 0 spiro atoms. The van der Waals surface area contributed by atoms with Gasteiger partial charge in [0.2, 0.25) is 0 Å². The Morgan fingerprint density at radius 3 is 2.08 bits per heavy atom. The van der Waals surface area contributed by atoms with E-state index in [0.717, 1.165) is 23.7 Å². The first kappa shape index (κ1) is 31.8. The van der Waals surface area contributed by atoms with Gasteiger partial charge in [0.25, 0.3) is 0 Å². The highest BCUT2D eigenvalue weighted by molar-refractivity contribution is 7.26.